The SMILES string of the molecule is C=C(C)CNC(=O)N(CC(=O)O)C(C)C. The number of rotatable bonds is 5. The predicted molar refractivity (Wildman–Crippen MR) is 57.7 cm³/mol. The molecule has 0 aromatic rings. The first-order valence-corrected chi connectivity index (χ1v) is 4.75. The number of urea groups is 1. The van der Waals surface area contributed by atoms with Gasteiger partial charge in [0.25, 0.3) is 0 Å². The van der Waals surface area contributed by atoms with Crippen molar-refractivity contribution in [1.82, 2.24) is 10.2 Å². The van der Waals surface area contributed by atoms with E-state index in [-0.39, 0.29) is 18.6 Å². The van der Waals surface area contributed by atoms with Crippen molar-refractivity contribution < 1.29 is 14.7 Å². The molecule has 0 atom stereocenters. The van der Waals surface area contributed by atoms with E-state index in [1.54, 1.807) is 20.8 Å². The van der Waals surface area contributed by atoms with Crippen LogP contribution >= 0.6 is 0 Å². The van der Waals surface area contributed by atoms with Crippen molar-refractivity contribution in [3.8, 4) is 0 Å². The third-order valence-corrected chi connectivity index (χ3v) is 1.73. The summed E-state index contributed by atoms with van der Waals surface area (Å²) in [7, 11) is 0. The molecule has 86 valence electrons. The number of carboxylic acid groups (broad SMARTS) is 1. The number of hydrogen-bond donors (Lipinski definition) is 2. The third kappa shape index (κ3) is 5.72. The number of hydrogen-bond acceptors (Lipinski definition) is 2. The van der Waals surface area contributed by atoms with E-state index in [9.17, 15) is 9.59 Å². The molecule has 0 aromatic heterocycles. The van der Waals surface area contributed by atoms with Gasteiger partial charge in [-0.2, -0.15) is 0 Å². The van der Waals surface area contributed by atoms with Gasteiger partial charge in [-0.05, 0) is 20.8 Å². The molecule has 5 heteroatoms. The zero-order chi connectivity index (χ0) is 12.0. The summed E-state index contributed by atoms with van der Waals surface area (Å²) in [5.74, 6) is -1.02. The van der Waals surface area contributed by atoms with Crippen LogP contribution in [0.2, 0.25) is 0 Å². The highest BCUT2D eigenvalue weighted by atomic mass is 16.4. The third-order valence-electron chi connectivity index (χ3n) is 1.73. The highest BCUT2D eigenvalue weighted by Gasteiger charge is 2.18. The number of nitrogens with one attached hydrogen (secondary N) is 1. The molecular formula is C10H18N2O3. The van der Waals surface area contributed by atoms with Gasteiger partial charge in [-0.15, -0.1) is 0 Å². The van der Waals surface area contributed by atoms with Crippen molar-refractivity contribution in [1.29, 1.82) is 0 Å². The van der Waals surface area contributed by atoms with E-state index in [0.717, 1.165) is 5.57 Å². The zero-order valence-corrected chi connectivity index (χ0v) is 9.41. The molecule has 0 aliphatic rings. The highest BCUT2D eigenvalue weighted by molar-refractivity contribution is 5.80. The van der Waals surface area contributed by atoms with Gasteiger partial charge in [0.05, 0.1) is 0 Å². The summed E-state index contributed by atoms with van der Waals surface area (Å²) in [5.41, 5.74) is 0.822. The van der Waals surface area contributed by atoms with Gasteiger partial charge in [0, 0.05) is 12.6 Å². The van der Waals surface area contributed by atoms with Crippen LogP contribution in [0.25, 0.3) is 0 Å². The molecule has 0 aliphatic carbocycles. The molecule has 0 saturated carbocycles. The van der Waals surface area contributed by atoms with Crippen molar-refractivity contribution in [3.63, 3.8) is 0 Å². The Morgan fingerprint density at radius 2 is 2.00 bits per heavy atom. The maximum Gasteiger partial charge on any atom is 0.323 e. The fraction of sp³-hybridized carbons (Fsp3) is 0.600. The Bertz CT molecular complexity index is 261. The van der Waals surface area contributed by atoms with E-state index in [4.69, 9.17) is 5.11 Å². The Morgan fingerprint density at radius 1 is 1.47 bits per heavy atom. The van der Waals surface area contributed by atoms with E-state index in [2.05, 4.69) is 11.9 Å². The number of amides is 2. The number of nitrogens with zero attached hydrogens (tertiary/aromatic N) is 1. The summed E-state index contributed by atoms with van der Waals surface area (Å²) in [6.07, 6.45) is 0. The minimum absolute atomic E-state index is 0.147. The molecule has 2 amide bonds. The van der Waals surface area contributed by atoms with Crippen LogP contribution in [0.15, 0.2) is 12.2 Å². The lowest BCUT2D eigenvalue weighted by molar-refractivity contribution is -0.138. The normalized spacial score (nSPS) is 9.87. The fourth-order valence-corrected chi connectivity index (χ4v) is 0.963. The Hall–Kier alpha value is -1.52. The Labute approximate surface area is 89.8 Å². The van der Waals surface area contributed by atoms with Crippen molar-refractivity contribution in [3.05, 3.63) is 12.2 Å². The maximum atomic E-state index is 11.5. The first-order chi connectivity index (χ1) is 6.84. The molecule has 0 aromatic carbocycles. The monoisotopic (exact) mass is 214 g/mol. The first-order valence-electron chi connectivity index (χ1n) is 4.75. The average molecular weight is 214 g/mol. The standard InChI is InChI=1S/C10H18N2O3/c1-7(2)5-11-10(15)12(8(3)4)6-9(13)14/h8H,1,5-6H2,2-4H3,(H,11,15)(H,13,14). The van der Waals surface area contributed by atoms with Crippen LogP contribution in [0, 0.1) is 0 Å². The lowest BCUT2D eigenvalue weighted by Crippen LogP contribution is -2.46. The fourth-order valence-electron chi connectivity index (χ4n) is 0.963. The van der Waals surface area contributed by atoms with Gasteiger partial charge < -0.3 is 15.3 Å². The molecule has 0 spiro atoms. The molecule has 5 nitrogen and oxygen atoms in total. The molecule has 0 radical (unpaired) electrons. The molecule has 0 unspecified atom stereocenters. The van der Waals surface area contributed by atoms with Gasteiger partial charge in [-0.1, -0.05) is 12.2 Å². The summed E-state index contributed by atoms with van der Waals surface area (Å²) in [6, 6.07) is -0.526. The molecular weight excluding hydrogens is 196 g/mol. The summed E-state index contributed by atoms with van der Waals surface area (Å²) >= 11 is 0. The predicted octanol–water partition coefficient (Wildman–Crippen LogP) is 1.07. The van der Waals surface area contributed by atoms with Gasteiger partial charge in [0.1, 0.15) is 6.54 Å². The first kappa shape index (κ1) is 13.5. The summed E-state index contributed by atoms with van der Waals surface area (Å²) < 4.78 is 0. The topological polar surface area (TPSA) is 69.6 Å². The maximum absolute atomic E-state index is 11.5. The number of carbonyl (C=O) groups is 2. The molecule has 2 N–H and O–H groups in total. The van der Waals surface area contributed by atoms with Crippen LogP contribution in [0.5, 0.6) is 0 Å². The van der Waals surface area contributed by atoms with Crippen LogP contribution < -0.4 is 5.32 Å². The minimum Gasteiger partial charge on any atom is -0.480 e. The Balaban J connectivity index is 4.29. The molecule has 0 bridgehead atoms. The largest absolute Gasteiger partial charge is 0.480 e. The van der Waals surface area contributed by atoms with Crippen molar-refractivity contribution in [2.75, 3.05) is 13.1 Å². The minimum atomic E-state index is -1.02. The van der Waals surface area contributed by atoms with E-state index in [1.165, 1.54) is 4.90 Å². The van der Waals surface area contributed by atoms with Crippen molar-refractivity contribution in [2.24, 2.45) is 0 Å². The number of carboxylic acids is 1. The lowest BCUT2D eigenvalue weighted by Gasteiger charge is -2.25. The van der Waals surface area contributed by atoms with Gasteiger partial charge in [-0.3, -0.25) is 4.79 Å². The van der Waals surface area contributed by atoms with Gasteiger partial charge in [0.2, 0.25) is 0 Å². The smallest absolute Gasteiger partial charge is 0.323 e. The highest BCUT2D eigenvalue weighted by Crippen LogP contribution is 1.98. The zero-order valence-electron chi connectivity index (χ0n) is 9.41. The summed E-state index contributed by atoms with van der Waals surface area (Å²) in [6.45, 7) is 9.04. The molecule has 0 rings (SSSR count). The van der Waals surface area contributed by atoms with Crippen LogP contribution in [0.1, 0.15) is 20.8 Å². The van der Waals surface area contributed by atoms with Crippen molar-refractivity contribution >= 4 is 12.0 Å². The second-order valence-electron chi connectivity index (χ2n) is 3.73. The van der Waals surface area contributed by atoms with E-state index in [0.29, 0.717) is 6.54 Å². The Morgan fingerprint density at radius 3 is 2.33 bits per heavy atom. The average Bonchev–Trinajstić information content (AvgIpc) is 2.09. The second kappa shape index (κ2) is 6.06. The van der Waals surface area contributed by atoms with Gasteiger partial charge in [-0.25, -0.2) is 4.79 Å². The van der Waals surface area contributed by atoms with E-state index < -0.39 is 5.97 Å². The summed E-state index contributed by atoms with van der Waals surface area (Å²) in [5, 5.41) is 11.2. The van der Waals surface area contributed by atoms with Crippen LogP contribution in [-0.4, -0.2) is 41.1 Å². The second-order valence-corrected chi connectivity index (χ2v) is 3.73. The molecule has 0 saturated heterocycles. The van der Waals surface area contributed by atoms with Crippen LogP contribution in [0.4, 0.5) is 4.79 Å². The number of carbonyl (C=O) groups excluding carboxylic acids is 1. The Kier molecular flexibility index (Phi) is 5.44. The molecule has 15 heavy (non-hydrogen) atoms. The van der Waals surface area contributed by atoms with Gasteiger partial charge >= 0.3 is 12.0 Å². The molecule has 0 fully saturated rings. The van der Waals surface area contributed by atoms with E-state index in [1.807, 2.05) is 0 Å². The van der Waals surface area contributed by atoms with Crippen LogP contribution in [0.3, 0.4) is 0 Å². The van der Waals surface area contributed by atoms with Crippen LogP contribution in [-0.2, 0) is 4.79 Å². The van der Waals surface area contributed by atoms with E-state index >= 15 is 0 Å². The summed E-state index contributed by atoms with van der Waals surface area (Å²) in [4.78, 5) is 23.3. The van der Waals surface area contributed by atoms with Crippen molar-refractivity contribution in [2.45, 2.75) is 26.8 Å². The molecule has 0 heterocycles. The lowest BCUT2D eigenvalue weighted by atomic mass is 10.3. The quantitative estimate of drug-likeness (QED) is 0.672. The van der Waals surface area contributed by atoms with Gasteiger partial charge in [0.15, 0.2) is 0 Å². The molecule has 0 aliphatic heterocycles. The number of aliphatic carboxylic acids is 1.